The largest absolute Gasteiger partial charge is 0.459 e. The second-order valence-electron chi connectivity index (χ2n) is 7.91. The van der Waals surface area contributed by atoms with Gasteiger partial charge in [0.15, 0.2) is 5.11 Å². The van der Waals surface area contributed by atoms with Crippen LogP contribution < -0.4 is 10.2 Å². The Kier molecular flexibility index (Phi) is 5.04. The molecule has 1 aliphatic heterocycles. The maximum atomic E-state index is 6.40. The number of hydrogen-bond acceptors (Lipinski definition) is 3. The lowest BCUT2D eigenvalue weighted by molar-refractivity contribution is 0.439. The first-order chi connectivity index (χ1) is 15.1. The Bertz CT molecular complexity index is 1200. The molecule has 0 amide bonds. The topological polar surface area (TPSA) is 41.3 Å². The number of nitrogens with zero attached hydrogens (tertiary/aromatic N) is 2. The number of nitrogens with one attached hydrogen (secondary N) is 1. The molecule has 2 aromatic carbocycles. The summed E-state index contributed by atoms with van der Waals surface area (Å²) in [4.78, 5) is 6.76. The molecule has 2 unspecified atom stereocenters. The minimum atomic E-state index is -0.152. The van der Waals surface area contributed by atoms with Crippen molar-refractivity contribution in [3.8, 4) is 11.3 Å². The van der Waals surface area contributed by atoms with Gasteiger partial charge in [0, 0.05) is 17.4 Å². The maximum absolute atomic E-state index is 6.40. The lowest BCUT2D eigenvalue weighted by Gasteiger charge is -2.26. The molecule has 5 heteroatoms. The summed E-state index contributed by atoms with van der Waals surface area (Å²) in [5, 5.41) is 4.16. The molecule has 4 nitrogen and oxygen atoms in total. The zero-order valence-corrected chi connectivity index (χ0v) is 18.3. The zero-order chi connectivity index (χ0) is 21.4. The fourth-order valence-corrected chi connectivity index (χ4v) is 4.63. The van der Waals surface area contributed by atoms with E-state index >= 15 is 0 Å². The number of aryl methyl sites for hydroxylation is 2. The van der Waals surface area contributed by atoms with Crippen LogP contribution in [-0.4, -0.2) is 10.1 Å². The molecule has 0 spiro atoms. The normalized spacial score (nSPS) is 18.3. The van der Waals surface area contributed by atoms with Crippen molar-refractivity contribution in [3.05, 3.63) is 108 Å². The Morgan fingerprint density at radius 1 is 0.903 bits per heavy atom. The number of hydrogen-bond donors (Lipinski definition) is 1. The highest BCUT2D eigenvalue weighted by atomic mass is 32.1. The van der Waals surface area contributed by atoms with Crippen LogP contribution in [0.4, 0.5) is 5.69 Å². The molecule has 31 heavy (non-hydrogen) atoms. The van der Waals surface area contributed by atoms with E-state index in [1.807, 2.05) is 54.7 Å². The maximum Gasteiger partial charge on any atom is 0.174 e. The molecule has 1 fully saturated rings. The summed E-state index contributed by atoms with van der Waals surface area (Å²) >= 11 is 5.81. The van der Waals surface area contributed by atoms with E-state index in [-0.39, 0.29) is 12.1 Å². The van der Waals surface area contributed by atoms with Gasteiger partial charge in [-0.05, 0) is 73.6 Å². The smallest absolute Gasteiger partial charge is 0.174 e. The standard InChI is InChI=1S/C26H23N3OS/c1-17-14-18(2)16-20(15-17)29-25(24(28-26(29)31)21-10-6-7-13-27-21)23-12-11-22(30-23)19-8-4-3-5-9-19/h3-16,24-25H,1-2H3,(H,28,31). The van der Waals surface area contributed by atoms with E-state index < -0.39 is 0 Å². The fraction of sp³-hybridized carbons (Fsp3) is 0.154. The average Bonchev–Trinajstić information content (AvgIpc) is 3.39. The lowest BCUT2D eigenvalue weighted by Crippen LogP contribution is -2.29. The van der Waals surface area contributed by atoms with Gasteiger partial charge in [-0.3, -0.25) is 4.98 Å². The first kappa shape index (κ1) is 19.5. The fourth-order valence-electron chi connectivity index (χ4n) is 4.28. The molecule has 0 aliphatic carbocycles. The second kappa shape index (κ2) is 8.00. The van der Waals surface area contributed by atoms with Gasteiger partial charge in [-0.2, -0.15) is 0 Å². The summed E-state index contributed by atoms with van der Waals surface area (Å²) in [7, 11) is 0. The van der Waals surface area contributed by atoms with Crippen molar-refractivity contribution in [1.29, 1.82) is 0 Å². The van der Waals surface area contributed by atoms with Crippen LogP contribution in [0.3, 0.4) is 0 Å². The quantitative estimate of drug-likeness (QED) is 0.398. The summed E-state index contributed by atoms with van der Waals surface area (Å²) < 4.78 is 6.40. The van der Waals surface area contributed by atoms with Crippen LogP contribution in [0.15, 0.2) is 89.5 Å². The van der Waals surface area contributed by atoms with Crippen molar-refractivity contribution >= 4 is 23.0 Å². The molecule has 0 bridgehead atoms. The summed E-state index contributed by atoms with van der Waals surface area (Å²) in [6, 6.07) is 26.4. The van der Waals surface area contributed by atoms with Gasteiger partial charge < -0.3 is 14.6 Å². The van der Waals surface area contributed by atoms with E-state index in [4.69, 9.17) is 16.6 Å². The van der Waals surface area contributed by atoms with Gasteiger partial charge in [0.05, 0.1) is 11.7 Å². The third-order valence-electron chi connectivity index (χ3n) is 5.56. The van der Waals surface area contributed by atoms with Crippen LogP contribution in [0, 0.1) is 13.8 Å². The number of benzene rings is 2. The Balaban J connectivity index is 1.62. The molecular weight excluding hydrogens is 402 g/mol. The van der Waals surface area contributed by atoms with E-state index in [9.17, 15) is 0 Å². The SMILES string of the molecule is Cc1cc(C)cc(N2C(=S)NC(c3ccccn3)C2c2ccc(-c3ccccc3)o2)c1. The molecule has 3 heterocycles. The average molecular weight is 426 g/mol. The Labute approximate surface area is 187 Å². The molecule has 1 aliphatic rings. The van der Waals surface area contributed by atoms with Crippen molar-refractivity contribution in [2.45, 2.75) is 25.9 Å². The zero-order valence-electron chi connectivity index (χ0n) is 17.4. The lowest BCUT2D eigenvalue weighted by atomic mass is 10.0. The Morgan fingerprint density at radius 2 is 1.65 bits per heavy atom. The molecule has 4 aromatic rings. The number of pyridine rings is 1. The number of aromatic nitrogens is 1. The van der Waals surface area contributed by atoms with Gasteiger partial charge in [0.1, 0.15) is 17.6 Å². The van der Waals surface area contributed by atoms with Gasteiger partial charge in [-0.15, -0.1) is 0 Å². The highest BCUT2D eigenvalue weighted by molar-refractivity contribution is 7.80. The number of anilines is 1. The summed E-state index contributed by atoms with van der Waals surface area (Å²) in [5.41, 5.74) is 5.43. The first-order valence-electron chi connectivity index (χ1n) is 10.3. The van der Waals surface area contributed by atoms with Crippen LogP contribution in [0.5, 0.6) is 0 Å². The molecule has 2 atom stereocenters. The molecule has 0 radical (unpaired) electrons. The van der Waals surface area contributed by atoms with Gasteiger partial charge in [-0.1, -0.05) is 42.5 Å². The summed E-state index contributed by atoms with van der Waals surface area (Å²) in [5.74, 6) is 1.69. The molecule has 2 aromatic heterocycles. The third kappa shape index (κ3) is 3.73. The van der Waals surface area contributed by atoms with Crippen LogP contribution in [0.25, 0.3) is 11.3 Å². The molecule has 1 saturated heterocycles. The van der Waals surface area contributed by atoms with Crippen LogP contribution in [-0.2, 0) is 0 Å². The van der Waals surface area contributed by atoms with Gasteiger partial charge >= 0.3 is 0 Å². The molecular formula is C26H23N3OS. The van der Waals surface area contributed by atoms with Crippen molar-refractivity contribution in [1.82, 2.24) is 10.3 Å². The Morgan fingerprint density at radius 3 is 2.35 bits per heavy atom. The van der Waals surface area contributed by atoms with E-state index in [0.717, 1.165) is 28.5 Å². The summed E-state index contributed by atoms with van der Waals surface area (Å²) in [6.07, 6.45) is 1.81. The Hall–Kier alpha value is -3.44. The van der Waals surface area contributed by atoms with Crippen molar-refractivity contribution in [2.75, 3.05) is 4.90 Å². The van der Waals surface area contributed by atoms with E-state index in [0.29, 0.717) is 5.11 Å². The van der Waals surface area contributed by atoms with Crippen LogP contribution >= 0.6 is 12.2 Å². The number of furan rings is 1. The minimum Gasteiger partial charge on any atom is -0.459 e. The van der Waals surface area contributed by atoms with Crippen molar-refractivity contribution in [3.63, 3.8) is 0 Å². The highest BCUT2D eigenvalue weighted by Gasteiger charge is 2.42. The first-order valence-corrected chi connectivity index (χ1v) is 10.7. The monoisotopic (exact) mass is 425 g/mol. The van der Waals surface area contributed by atoms with E-state index in [1.165, 1.54) is 11.1 Å². The number of thiocarbonyl (C=S) groups is 1. The van der Waals surface area contributed by atoms with Gasteiger partial charge in [0.25, 0.3) is 0 Å². The molecule has 1 N–H and O–H groups in total. The number of rotatable bonds is 4. The predicted molar refractivity (Wildman–Crippen MR) is 128 cm³/mol. The predicted octanol–water partition coefficient (Wildman–Crippen LogP) is 6.14. The van der Waals surface area contributed by atoms with E-state index in [1.54, 1.807) is 0 Å². The van der Waals surface area contributed by atoms with Gasteiger partial charge in [0.2, 0.25) is 0 Å². The second-order valence-corrected chi connectivity index (χ2v) is 8.30. The van der Waals surface area contributed by atoms with Crippen LogP contribution in [0.2, 0.25) is 0 Å². The van der Waals surface area contributed by atoms with Crippen LogP contribution in [0.1, 0.15) is 34.7 Å². The van der Waals surface area contributed by atoms with E-state index in [2.05, 4.69) is 59.4 Å². The molecule has 154 valence electrons. The molecule has 5 rings (SSSR count). The third-order valence-corrected chi connectivity index (χ3v) is 5.87. The highest BCUT2D eigenvalue weighted by Crippen LogP contribution is 2.43. The van der Waals surface area contributed by atoms with Crippen molar-refractivity contribution < 1.29 is 4.42 Å². The van der Waals surface area contributed by atoms with Gasteiger partial charge in [-0.25, -0.2) is 0 Å². The van der Waals surface area contributed by atoms with Crippen molar-refractivity contribution in [2.24, 2.45) is 0 Å². The molecule has 0 saturated carbocycles. The summed E-state index contributed by atoms with van der Waals surface area (Å²) in [6.45, 7) is 4.21. The minimum absolute atomic E-state index is 0.121.